The number of ketones is 1. The van der Waals surface area contributed by atoms with Crippen LogP contribution in [0.4, 0.5) is 0 Å². The molecule has 1 aromatic carbocycles. The first kappa shape index (κ1) is 13.0. The predicted molar refractivity (Wildman–Crippen MR) is 70.9 cm³/mol. The van der Waals surface area contributed by atoms with E-state index in [0.717, 1.165) is 6.08 Å². The molecule has 1 saturated heterocycles. The Morgan fingerprint density at radius 3 is 3.00 bits per heavy atom. The number of phenols is 1. The summed E-state index contributed by atoms with van der Waals surface area (Å²) in [5.41, 5.74) is 0.757. The number of aliphatic hydroxyl groups excluding tert-OH is 1. The van der Waals surface area contributed by atoms with Crippen molar-refractivity contribution >= 4 is 22.8 Å². The summed E-state index contributed by atoms with van der Waals surface area (Å²) >= 11 is 0. The Morgan fingerprint density at radius 1 is 1.36 bits per heavy atom. The van der Waals surface area contributed by atoms with Gasteiger partial charge in [0.2, 0.25) is 0 Å². The fraction of sp³-hybridized carbons (Fsp3) is 0.214. The van der Waals surface area contributed by atoms with Gasteiger partial charge in [0, 0.05) is 12.1 Å². The molecule has 0 bridgehead atoms. The number of benzene rings is 1. The lowest BCUT2D eigenvalue weighted by atomic mass is 10.0. The zero-order chi connectivity index (χ0) is 15.4. The summed E-state index contributed by atoms with van der Waals surface area (Å²) in [7, 11) is 0. The fourth-order valence-electron chi connectivity index (χ4n) is 2.47. The molecule has 3 unspecified atom stereocenters. The molecular weight excluding hydrogens is 292 g/mol. The topological polar surface area (TPSA) is 125 Å². The van der Waals surface area contributed by atoms with Gasteiger partial charge in [0.25, 0.3) is 5.91 Å². The molecule has 112 valence electrons. The van der Waals surface area contributed by atoms with Crippen LogP contribution >= 0.6 is 0 Å². The largest absolute Gasteiger partial charge is 0.507 e. The highest BCUT2D eigenvalue weighted by Gasteiger charge is 2.53. The third-order valence-corrected chi connectivity index (χ3v) is 3.68. The first-order chi connectivity index (χ1) is 10.5. The highest BCUT2D eigenvalue weighted by Crippen LogP contribution is 2.33. The van der Waals surface area contributed by atoms with Gasteiger partial charge in [-0.3, -0.25) is 9.59 Å². The third-order valence-electron chi connectivity index (χ3n) is 3.68. The van der Waals surface area contributed by atoms with Gasteiger partial charge in [-0.15, -0.1) is 0 Å². The number of epoxide rings is 1. The van der Waals surface area contributed by atoms with E-state index in [1.165, 1.54) is 18.5 Å². The van der Waals surface area contributed by atoms with Gasteiger partial charge in [0.1, 0.15) is 29.6 Å². The molecule has 4 rings (SSSR count). The number of rotatable bonds is 2. The molecule has 0 radical (unpaired) electrons. The molecule has 1 fully saturated rings. The second-order valence-electron chi connectivity index (χ2n) is 5.11. The Kier molecular flexibility index (Phi) is 2.59. The van der Waals surface area contributed by atoms with Crippen molar-refractivity contribution < 1.29 is 29.0 Å². The SMILES string of the molecule is O=C(NC1=CC(=O)C2OC2C1O)c1cc2ncoc2cc1O. The number of aliphatic hydroxyl groups is 1. The minimum Gasteiger partial charge on any atom is -0.507 e. The summed E-state index contributed by atoms with van der Waals surface area (Å²) in [6.45, 7) is 0. The van der Waals surface area contributed by atoms with Gasteiger partial charge in [-0.2, -0.15) is 0 Å². The van der Waals surface area contributed by atoms with E-state index >= 15 is 0 Å². The molecule has 22 heavy (non-hydrogen) atoms. The minimum absolute atomic E-state index is 0.0409. The number of nitrogens with one attached hydrogen (secondary N) is 1. The molecule has 1 aliphatic carbocycles. The molecule has 8 heteroatoms. The van der Waals surface area contributed by atoms with E-state index < -0.39 is 24.2 Å². The summed E-state index contributed by atoms with van der Waals surface area (Å²) < 4.78 is 10.0. The quantitative estimate of drug-likeness (QED) is 0.659. The number of fused-ring (bicyclic) bond motifs is 2. The molecule has 3 N–H and O–H groups in total. The number of aromatic nitrogens is 1. The zero-order valence-electron chi connectivity index (χ0n) is 11.0. The summed E-state index contributed by atoms with van der Waals surface area (Å²) in [6, 6.07) is 2.63. The van der Waals surface area contributed by atoms with Crippen LogP contribution in [-0.4, -0.2) is 45.2 Å². The van der Waals surface area contributed by atoms with Crippen molar-refractivity contribution in [2.45, 2.75) is 18.3 Å². The zero-order valence-corrected chi connectivity index (χ0v) is 11.0. The fourth-order valence-corrected chi connectivity index (χ4v) is 2.47. The smallest absolute Gasteiger partial charge is 0.259 e. The monoisotopic (exact) mass is 302 g/mol. The number of carbonyl (C=O) groups is 2. The standard InChI is InChI=1S/C14H10N2O6/c17-8-3-10-6(15-4-21-10)1-5(8)14(20)16-7-2-9(18)12-13(22-12)11(7)19/h1-4,11-13,17,19H,(H,16,20). The highest BCUT2D eigenvalue weighted by molar-refractivity contribution is 6.03. The van der Waals surface area contributed by atoms with Crippen molar-refractivity contribution in [3.8, 4) is 5.75 Å². The van der Waals surface area contributed by atoms with Gasteiger partial charge < -0.3 is 24.7 Å². The van der Waals surface area contributed by atoms with Crippen LogP contribution in [0.25, 0.3) is 11.1 Å². The molecule has 0 saturated carbocycles. The van der Waals surface area contributed by atoms with E-state index in [2.05, 4.69) is 10.3 Å². The Balaban J connectivity index is 1.63. The number of oxazole rings is 1. The number of aromatic hydroxyl groups is 1. The van der Waals surface area contributed by atoms with Crippen LogP contribution < -0.4 is 5.32 Å². The number of hydrogen-bond donors (Lipinski definition) is 3. The van der Waals surface area contributed by atoms with Crippen LogP contribution in [0.3, 0.4) is 0 Å². The molecule has 1 amide bonds. The average Bonchev–Trinajstić information content (AvgIpc) is 3.17. The van der Waals surface area contributed by atoms with Crippen LogP contribution in [0, 0.1) is 0 Å². The van der Waals surface area contributed by atoms with Crippen molar-refractivity contribution in [1.29, 1.82) is 0 Å². The molecule has 2 aliphatic rings. The number of ether oxygens (including phenoxy) is 1. The number of phenolic OH excluding ortho intramolecular Hbond substituents is 1. The first-order valence-electron chi connectivity index (χ1n) is 6.51. The van der Waals surface area contributed by atoms with E-state index in [-0.39, 0.29) is 22.8 Å². The average molecular weight is 302 g/mol. The van der Waals surface area contributed by atoms with Crippen LogP contribution in [0.1, 0.15) is 10.4 Å². The van der Waals surface area contributed by atoms with E-state index in [0.29, 0.717) is 11.1 Å². The molecule has 8 nitrogen and oxygen atoms in total. The lowest BCUT2D eigenvalue weighted by Gasteiger charge is -2.17. The molecule has 3 atom stereocenters. The van der Waals surface area contributed by atoms with Crippen LogP contribution in [0.5, 0.6) is 5.75 Å². The second kappa shape index (κ2) is 4.39. The number of nitrogens with zero attached hydrogens (tertiary/aromatic N) is 1. The maximum Gasteiger partial charge on any atom is 0.259 e. The molecule has 1 aliphatic heterocycles. The van der Waals surface area contributed by atoms with Crippen LogP contribution in [0.15, 0.2) is 34.7 Å². The predicted octanol–water partition coefficient (Wildman–Crippen LogP) is -0.142. The highest BCUT2D eigenvalue weighted by atomic mass is 16.6. The van der Waals surface area contributed by atoms with Crippen molar-refractivity contribution in [2.75, 3.05) is 0 Å². The van der Waals surface area contributed by atoms with E-state index in [9.17, 15) is 19.8 Å². The first-order valence-corrected chi connectivity index (χ1v) is 6.51. The van der Waals surface area contributed by atoms with Crippen molar-refractivity contribution in [3.63, 3.8) is 0 Å². The Morgan fingerprint density at radius 2 is 2.18 bits per heavy atom. The molecular formula is C14H10N2O6. The lowest BCUT2D eigenvalue weighted by Crippen LogP contribution is -2.37. The van der Waals surface area contributed by atoms with Gasteiger partial charge in [-0.05, 0) is 6.07 Å². The van der Waals surface area contributed by atoms with Gasteiger partial charge in [-0.1, -0.05) is 0 Å². The summed E-state index contributed by atoms with van der Waals surface area (Å²) in [5.74, 6) is -1.26. The maximum atomic E-state index is 12.2. The lowest BCUT2D eigenvalue weighted by molar-refractivity contribution is -0.116. The van der Waals surface area contributed by atoms with Gasteiger partial charge >= 0.3 is 0 Å². The normalized spacial score (nSPS) is 26.5. The van der Waals surface area contributed by atoms with E-state index in [1.54, 1.807) is 0 Å². The van der Waals surface area contributed by atoms with Crippen molar-refractivity contribution in [2.24, 2.45) is 0 Å². The van der Waals surface area contributed by atoms with Crippen LogP contribution in [-0.2, 0) is 9.53 Å². The molecule has 0 spiro atoms. The maximum absolute atomic E-state index is 12.2. The van der Waals surface area contributed by atoms with Crippen LogP contribution in [0.2, 0.25) is 0 Å². The van der Waals surface area contributed by atoms with Gasteiger partial charge in [0.05, 0.1) is 11.3 Å². The summed E-state index contributed by atoms with van der Waals surface area (Å²) in [6.07, 6.45) is 0.0322. The third kappa shape index (κ3) is 1.89. The minimum atomic E-state index is -1.08. The van der Waals surface area contributed by atoms with Crippen molar-refractivity contribution in [3.05, 3.63) is 35.9 Å². The van der Waals surface area contributed by atoms with Gasteiger partial charge in [0.15, 0.2) is 17.8 Å². The number of hydrogen-bond acceptors (Lipinski definition) is 7. The van der Waals surface area contributed by atoms with E-state index in [4.69, 9.17) is 9.15 Å². The number of carbonyl (C=O) groups excluding carboxylic acids is 2. The Labute approximate surface area is 123 Å². The van der Waals surface area contributed by atoms with Gasteiger partial charge in [-0.25, -0.2) is 4.98 Å². The Bertz CT molecular complexity index is 839. The van der Waals surface area contributed by atoms with Crippen molar-refractivity contribution in [1.82, 2.24) is 10.3 Å². The van der Waals surface area contributed by atoms with E-state index in [1.807, 2.05) is 0 Å². The number of amides is 1. The molecule has 1 aromatic heterocycles. The Hall–Kier alpha value is -2.71. The second-order valence-corrected chi connectivity index (χ2v) is 5.11. The molecule has 2 aromatic rings. The molecule has 2 heterocycles. The summed E-state index contributed by atoms with van der Waals surface area (Å²) in [5, 5.41) is 22.3. The summed E-state index contributed by atoms with van der Waals surface area (Å²) in [4.78, 5) is 27.7.